The zero-order valence-electron chi connectivity index (χ0n) is 10.6. The Balaban J connectivity index is 2.14. The number of hydrogen-bond acceptors (Lipinski definition) is 2. The van der Waals surface area contributed by atoms with Gasteiger partial charge >= 0.3 is 0 Å². The van der Waals surface area contributed by atoms with Crippen LogP contribution >= 0.6 is 11.6 Å². The van der Waals surface area contributed by atoms with Crippen molar-refractivity contribution in [3.63, 3.8) is 0 Å². The van der Waals surface area contributed by atoms with Gasteiger partial charge < -0.3 is 10.1 Å². The normalized spacial score (nSPS) is 9.74. The SMILES string of the molecule is C#Cc1cccc(NCc2cc(Cl)ccc2OC)c1. The van der Waals surface area contributed by atoms with Crippen LogP contribution in [-0.4, -0.2) is 7.11 Å². The summed E-state index contributed by atoms with van der Waals surface area (Å²) in [6, 6.07) is 13.3. The number of nitrogens with one attached hydrogen (secondary N) is 1. The summed E-state index contributed by atoms with van der Waals surface area (Å²) >= 11 is 5.99. The lowest BCUT2D eigenvalue weighted by atomic mass is 10.1. The molecule has 0 unspecified atom stereocenters. The maximum absolute atomic E-state index is 5.99. The van der Waals surface area contributed by atoms with Crippen LogP contribution in [0.15, 0.2) is 42.5 Å². The largest absolute Gasteiger partial charge is 0.496 e. The number of methoxy groups -OCH3 is 1. The van der Waals surface area contributed by atoms with E-state index in [-0.39, 0.29) is 0 Å². The summed E-state index contributed by atoms with van der Waals surface area (Å²) in [6.07, 6.45) is 5.38. The lowest BCUT2D eigenvalue weighted by Gasteiger charge is -2.11. The summed E-state index contributed by atoms with van der Waals surface area (Å²) in [5.41, 5.74) is 2.82. The fourth-order valence-electron chi connectivity index (χ4n) is 1.80. The first-order chi connectivity index (χ1) is 9.22. The highest BCUT2D eigenvalue weighted by Gasteiger charge is 2.03. The van der Waals surface area contributed by atoms with Crippen LogP contribution in [-0.2, 0) is 6.54 Å². The molecule has 2 aromatic rings. The molecular formula is C16H14ClNO. The number of rotatable bonds is 4. The Kier molecular flexibility index (Phi) is 4.33. The van der Waals surface area contributed by atoms with Gasteiger partial charge in [0.1, 0.15) is 5.75 Å². The van der Waals surface area contributed by atoms with E-state index in [9.17, 15) is 0 Å². The minimum Gasteiger partial charge on any atom is -0.496 e. The molecule has 2 rings (SSSR count). The van der Waals surface area contributed by atoms with Gasteiger partial charge in [-0.2, -0.15) is 0 Å². The average Bonchev–Trinajstić information content (AvgIpc) is 2.45. The van der Waals surface area contributed by atoms with Crippen molar-refractivity contribution >= 4 is 17.3 Å². The molecule has 19 heavy (non-hydrogen) atoms. The van der Waals surface area contributed by atoms with Crippen LogP contribution in [0.5, 0.6) is 5.75 Å². The molecule has 96 valence electrons. The highest BCUT2D eigenvalue weighted by atomic mass is 35.5. The third kappa shape index (κ3) is 3.43. The van der Waals surface area contributed by atoms with Gasteiger partial charge in [0, 0.05) is 28.4 Å². The van der Waals surface area contributed by atoms with Crippen LogP contribution < -0.4 is 10.1 Å². The van der Waals surface area contributed by atoms with Crippen LogP contribution in [0.1, 0.15) is 11.1 Å². The van der Waals surface area contributed by atoms with Gasteiger partial charge in [0.15, 0.2) is 0 Å². The Labute approximate surface area is 118 Å². The maximum atomic E-state index is 5.99. The van der Waals surface area contributed by atoms with E-state index < -0.39 is 0 Å². The summed E-state index contributed by atoms with van der Waals surface area (Å²) in [6.45, 7) is 0.623. The van der Waals surface area contributed by atoms with Crippen molar-refractivity contribution in [1.82, 2.24) is 0 Å². The molecule has 2 nitrogen and oxygen atoms in total. The quantitative estimate of drug-likeness (QED) is 0.851. The third-order valence-electron chi connectivity index (χ3n) is 2.75. The smallest absolute Gasteiger partial charge is 0.123 e. The van der Waals surface area contributed by atoms with Gasteiger partial charge in [0.25, 0.3) is 0 Å². The van der Waals surface area contributed by atoms with Crippen LogP contribution in [0.2, 0.25) is 5.02 Å². The van der Waals surface area contributed by atoms with Crippen molar-refractivity contribution < 1.29 is 4.74 Å². The summed E-state index contributed by atoms with van der Waals surface area (Å²) < 4.78 is 5.30. The lowest BCUT2D eigenvalue weighted by Crippen LogP contribution is -2.01. The lowest BCUT2D eigenvalue weighted by molar-refractivity contribution is 0.410. The van der Waals surface area contributed by atoms with Crippen LogP contribution in [0.25, 0.3) is 0 Å². The van der Waals surface area contributed by atoms with E-state index in [2.05, 4.69) is 11.2 Å². The van der Waals surface area contributed by atoms with Crippen LogP contribution in [0, 0.1) is 12.3 Å². The van der Waals surface area contributed by atoms with E-state index in [0.29, 0.717) is 11.6 Å². The predicted octanol–water partition coefficient (Wildman–Crippen LogP) is 3.94. The van der Waals surface area contributed by atoms with E-state index >= 15 is 0 Å². The first-order valence-corrected chi connectivity index (χ1v) is 6.23. The molecule has 0 fully saturated rings. The van der Waals surface area contributed by atoms with Gasteiger partial charge in [-0.1, -0.05) is 23.6 Å². The Morgan fingerprint density at radius 2 is 2.11 bits per heavy atom. The minimum atomic E-state index is 0.623. The van der Waals surface area contributed by atoms with Crippen LogP contribution in [0.3, 0.4) is 0 Å². The molecular weight excluding hydrogens is 258 g/mol. The molecule has 0 bridgehead atoms. The average molecular weight is 272 g/mol. The first-order valence-electron chi connectivity index (χ1n) is 5.86. The fourth-order valence-corrected chi connectivity index (χ4v) is 2.00. The van der Waals surface area contributed by atoms with E-state index in [1.807, 2.05) is 42.5 Å². The number of anilines is 1. The number of hydrogen-bond donors (Lipinski definition) is 1. The highest BCUT2D eigenvalue weighted by Crippen LogP contribution is 2.23. The predicted molar refractivity (Wildman–Crippen MR) is 79.7 cm³/mol. The van der Waals surface area contributed by atoms with Crippen molar-refractivity contribution in [2.45, 2.75) is 6.54 Å². The molecule has 0 saturated heterocycles. The van der Waals surface area contributed by atoms with E-state index in [0.717, 1.165) is 22.6 Å². The number of halogens is 1. The Morgan fingerprint density at radius 1 is 1.26 bits per heavy atom. The second kappa shape index (κ2) is 6.17. The molecule has 1 N–H and O–H groups in total. The molecule has 0 aliphatic rings. The van der Waals surface area contributed by atoms with Crippen LogP contribution in [0.4, 0.5) is 5.69 Å². The van der Waals surface area contributed by atoms with Crippen molar-refractivity contribution in [2.24, 2.45) is 0 Å². The van der Waals surface area contributed by atoms with E-state index in [1.54, 1.807) is 7.11 Å². The molecule has 0 heterocycles. The zero-order chi connectivity index (χ0) is 13.7. The Bertz CT molecular complexity index is 616. The molecule has 0 amide bonds. The Hall–Kier alpha value is -2.11. The summed E-state index contributed by atoms with van der Waals surface area (Å²) in [5.74, 6) is 3.42. The van der Waals surface area contributed by atoms with Gasteiger partial charge in [-0.05, 0) is 36.4 Å². The summed E-state index contributed by atoms with van der Waals surface area (Å²) in [4.78, 5) is 0. The molecule has 0 radical (unpaired) electrons. The van der Waals surface area contributed by atoms with Gasteiger partial charge in [-0.3, -0.25) is 0 Å². The molecule has 0 aromatic heterocycles. The fraction of sp³-hybridized carbons (Fsp3) is 0.125. The van der Waals surface area contributed by atoms with Gasteiger partial charge in [-0.15, -0.1) is 6.42 Å². The monoisotopic (exact) mass is 271 g/mol. The molecule has 0 atom stereocenters. The standard InChI is InChI=1S/C16H14ClNO/c1-3-12-5-4-6-15(9-12)18-11-13-10-14(17)7-8-16(13)19-2/h1,4-10,18H,11H2,2H3. The second-order valence-electron chi connectivity index (χ2n) is 4.03. The number of benzene rings is 2. The minimum absolute atomic E-state index is 0.623. The van der Waals surface area contributed by atoms with Crippen molar-refractivity contribution in [2.75, 3.05) is 12.4 Å². The van der Waals surface area contributed by atoms with Crippen molar-refractivity contribution in [1.29, 1.82) is 0 Å². The topological polar surface area (TPSA) is 21.3 Å². The zero-order valence-corrected chi connectivity index (χ0v) is 11.4. The second-order valence-corrected chi connectivity index (χ2v) is 4.47. The van der Waals surface area contributed by atoms with Crippen molar-refractivity contribution in [3.05, 3.63) is 58.6 Å². The number of ether oxygens (including phenoxy) is 1. The molecule has 2 aromatic carbocycles. The Morgan fingerprint density at radius 3 is 2.84 bits per heavy atom. The molecule has 0 aliphatic carbocycles. The van der Waals surface area contributed by atoms with Crippen molar-refractivity contribution in [3.8, 4) is 18.1 Å². The molecule has 3 heteroatoms. The maximum Gasteiger partial charge on any atom is 0.123 e. The highest BCUT2D eigenvalue weighted by molar-refractivity contribution is 6.30. The first kappa shape index (κ1) is 13.3. The third-order valence-corrected chi connectivity index (χ3v) is 2.99. The molecule has 0 aliphatic heterocycles. The van der Waals surface area contributed by atoms with E-state index in [1.165, 1.54) is 0 Å². The summed E-state index contributed by atoms with van der Waals surface area (Å²) in [7, 11) is 1.64. The molecule has 0 saturated carbocycles. The summed E-state index contributed by atoms with van der Waals surface area (Å²) in [5, 5.41) is 3.99. The number of terminal acetylenes is 1. The van der Waals surface area contributed by atoms with E-state index in [4.69, 9.17) is 22.8 Å². The molecule has 0 spiro atoms. The van der Waals surface area contributed by atoms with Gasteiger partial charge in [0.2, 0.25) is 0 Å². The van der Waals surface area contributed by atoms with Gasteiger partial charge in [0.05, 0.1) is 7.11 Å². The van der Waals surface area contributed by atoms with Gasteiger partial charge in [-0.25, -0.2) is 0 Å².